The third-order valence-electron chi connectivity index (χ3n) is 8.01. The van der Waals surface area contributed by atoms with Crippen molar-refractivity contribution in [3.8, 4) is 11.4 Å². The van der Waals surface area contributed by atoms with E-state index in [1.165, 1.54) is 16.5 Å². The van der Waals surface area contributed by atoms with E-state index in [1.807, 2.05) is 44.2 Å². The fourth-order valence-electron chi connectivity index (χ4n) is 5.40. The highest BCUT2D eigenvalue weighted by Gasteiger charge is 2.29. The van der Waals surface area contributed by atoms with Crippen LogP contribution >= 0.6 is 0 Å². The number of carbonyl (C=O) groups is 5. The maximum Gasteiger partial charge on any atom is 0.243 e. The molecule has 3 heterocycles. The van der Waals surface area contributed by atoms with E-state index in [0.29, 0.717) is 41.5 Å². The van der Waals surface area contributed by atoms with Gasteiger partial charge in [0.15, 0.2) is 5.82 Å². The summed E-state index contributed by atoms with van der Waals surface area (Å²) >= 11 is 0. The Balaban J connectivity index is 1.61. The van der Waals surface area contributed by atoms with Gasteiger partial charge < -0.3 is 30.7 Å². The van der Waals surface area contributed by atoms with Crippen LogP contribution < -0.4 is 21.3 Å². The zero-order chi connectivity index (χ0) is 35.0. The van der Waals surface area contributed by atoms with Crippen molar-refractivity contribution in [1.29, 1.82) is 0 Å². The minimum Gasteiger partial charge on any atom is -0.361 e. The lowest BCUT2D eigenvalue weighted by molar-refractivity contribution is -0.137. The SMILES string of the molecule is Cc1noc(C)c1CC(=O)N1CCCNC(=O)Cn2nc(-c3ccccc3)nc2[C@H](C)NC(=O)[C@@H](CC(C)C)NC(=O)[C@@H](C)NC(=O)C1. The minimum atomic E-state index is -0.991. The number of fused-ring (bicyclic) bond motifs is 1. The first-order chi connectivity index (χ1) is 22.8. The fourth-order valence-corrected chi connectivity index (χ4v) is 5.40. The second-order valence-corrected chi connectivity index (χ2v) is 12.5. The molecule has 1 aliphatic heterocycles. The molecule has 0 bridgehead atoms. The lowest BCUT2D eigenvalue weighted by Crippen LogP contribution is -2.54. The molecule has 3 atom stereocenters. The highest BCUT2D eigenvalue weighted by molar-refractivity contribution is 5.93. The van der Waals surface area contributed by atoms with Crippen molar-refractivity contribution in [1.82, 2.24) is 46.1 Å². The molecule has 3 aromatic rings. The van der Waals surface area contributed by atoms with Crippen molar-refractivity contribution in [2.24, 2.45) is 5.92 Å². The number of amides is 5. The van der Waals surface area contributed by atoms with Crippen molar-refractivity contribution in [3.63, 3.8) is 0 Å². The second kappa shape index (κ2) is 16.2. The van der Waals surface area contributed by atoms with Gasteiger partial charge >= 0.3 is 0 Å². The molecule has 4 N–H and O–H groups in total. The molecule has 15 nitrogen and oxygen atoms in total. The molecule has 0 spiro atoms. The molecule has 0 unspecified atom stereocenters. The first-order valence-corrected chi connectivity index (χ1v) is 16.2. The molecule has 0 saturated carbocycles. The molecule has 0 aliphatic carbocycles. The van der Waals surface area contributed by atoms with Crippen molar-refractivity contribution < 1.29 is 28.5 Å². The Hall–Kier alpha value is -5.08. The van der Waals surface area contributed by atoms with Gasteiger partial charge in [-0.25, -0.2) is 9.67 Å². The van der Waals surface area contributed by atoms with Crippen LogP contribution in [0.25, 0.3) is 11.4 Å². The third-order valence-corrected chi connectivity index (χ3v) is 8.01. The average Bonchev–Trinajstić information content (AvgIpc) is 3.60. The number of nitrogens with zero attached hydrogens (tertiary/aromatic N) is 5. The van der Waals surface area contributed by atoms with E-state index in [0.717, 1.165) is 5.56 Å². The van der Waals surface area contributed by atoms with E-state index >= 15 is 0 Å². The van der Waals surface area contributed by atoms with Crippen LogP contribution in [0.2, 0.25) is 0 Å². The van der Waals surface area contributed by atoms with Crippen LogP contribution in [0.15, 0.2) is 34.9 Å². The zero-order valence-corrected chi connectivity index (χ0v) is 28.3. The highest BCUT2D eigenvalue weighted by atomic mass is 16.5. The highest BCUT2D eigenvalue weighted by Crippen LogP contribution is 2.20. The summed E-state index contributed by atoms with van der Waals surface area (Å²) in [5, 5.41) is 19.7. The number of nitrogens with one attached hydrogen (secondary N) is 4. The summed E-state index contributed by atoms with van der Waals surface area (Å²) in [4.78, 5) is 72.4. The van der Waals surface area contributed by atoms with Crippen LogP contribution in [0.4, 0.5) is 0 Å². The van der Waals surface area contributed by atoms with E-state index in [9.17, 15) is 24.0 Å². The van der Waals surface area contributed by atoms with Gasteiger partial charge in [-0.05, 0) is 46.5 Å². The van der Waals surface area contributed by atoms with Gasteiger partial charge in [0.1, 0.15) is 30.2 Å². The van der Waals surface area contributed by atoms with Crippen LogP contribution in [0.1, 0.15) is 69.4 Å². The summed E-state index contributed by atoms with van der Waals surface area (Å²) in [5.74, 6) is -0.901. The van der Waals surface area contributed by atoms with Gasteiger partial charge in [0.05, 0.1) is 24.7 Å². The van der Waals surface area contributed by atoms with Crippen LogP contribution in [0.3, 0.4) is 0 Å². The summed E-state index contributed by atoms with van der Waals surface area (Å²) in [7, 11) is 0. The monoisotopic (exact) mass is 663 g/mol. The summed E-state index contributed by atoms with van der Waals surface area (Å²) < 4.78 is 6.65. The van der Waals surface area contributed by atoms with Gasteiger partial charge in [0.2, 0.25) is 29.5 Å². The maximum absolute atomic E-state index is 13.6. The molecular formula is C33H45N9O6. The number of benzene rings is 1. The van der Waals surface area contributed by atoms with E-state index in [-0.39, 0.29) is 50.3 Å². The molecule has 258 valence electrons. The van der Waals surface area contributed by atoms with Crippen molar-refractivity contribution >= 4 is 29.5 Å². The molecule has 0 saturated heterocycles. The predicted octanol–water partition coefficient (Wildman–Crippen LogP) is 1.35. The van der Waals surface area contributed by atoms with Gasteiger partial charge in [-0.1, -0.05) is 49.3 Å². The number of rotatable bonds is 5. The van der Waals surface area contributed by atoms with Gasteiger partial charge in [0.25, 0.3) is 0 Å². The normalized spacial score (nSPS) is 20.5. The Morgan fingerprint density at radius 2 is 1.69 bits per heavy atom. The van der Waals surface area contributed by atoms with Gasteiger partial charge in [-0.15, -0.1) is 0 Å². The molecule has 1 aliphatic rings. The van der Waals surface area contributed by atoms with E-state index in [2.05, 4.69) is 36.5 Å². The Morgan fingerprint density at radius 3 is 2.35 bits per heavy atom. The zero-order valence-electron chi connectivity index (χ0n) is 28.3. The molecule has 1 aromatic carbocycles. The van der Waals surface area contributed by atoms with Crippen LogP contribution in [-0.2, 0) is 36.9 Å². The second-order valence-electron chi connectivity index (χ2n) is 12.5. The third kappa shape index (κ3) is 9.48. The Morgan fingerprint density at radius 1 is 0.958 bits per heavy atom. The molecule has 4 rings (SSSR count). The van der Waals surface area contributed by atoms with E-state index in [4.69, 9.17) is 4.52 Å². The van der Waals surface area contributed by atoms with E-state index < -0.39 is 35.8 Å². The van der Waals surface area contributed by atoms with Gasteiger partial charge in [0, 0.05) is 24.2 Å². The fraction of sp³-hybridized carbons (Fsp3) is 0.515. The van der Waals surface area contributed by atoms with Crippen molar-refractivity contribution in [2.45, 2.75) is 85.5 Å². The Kier molecular flexibility index (Phi) is 12.0. The summed E-state index contributed by atoms with van der Waals surface area (Å²) in [5.41, 5.74) is 1.96. The van der Waals surface area contributed by atoms with Crippen molar-refractivity contribution in [2.75, 3.05) is 19.6 Å². The minimum absolute atomic E-state index is 0.0279. The first-order valence-electron chi connectivity index (χ1n) is 16.2. The number of hydrogen-bond acceptors (Lipinski definition) is 9. The Bertz CT molecular complexity index is 1600. The molecule has 48 heavy (non-hydrogen) atoms. The molecule has 15 heteroatoms. The number of aromatic nitrogens is 4. The van der Waals surface area contributed by atoms with E-state index in [1.54, 1.807) is 20.8 Å². The summed E-state index contributed by atoms with van der Waals surface area (Å²) in [6.45, 7) is 10.4. The molecule has 2 aromatic heterocycles. The average molecular weight is 664 g/mol. The molecular weight excluding hydrogens is 618 g/mol. The first kappa shape index (κ1) is 35.8. The molecule has 0 radical (unpaired) electrons. The largest absolute Gasteiger partial charge is 0.361 e. The predicted molar refractivity (Wildman–Crippen MR) is 175 cm³/mol. The lowest BCUT2D eigenvalue weighted by Gasteiger charge is -2.25. The smallest absolute Gasteiger partial charge is 0.243 e. The topological polar surface area (TPSA) is 193 Å². The maximum atomic E-state index is 13.6. The summed E-state index contributed by atoms with van der Waals surface area (Å²) in [6, 6.07) is 6.71. The number of aryl methyl sites for hydroxylation is 2. The molecule has 0 fully saturated rings. The van der Waals surface area contributed by atoms with Gasteiger partial charge in [-0.2, -0.15) is 5.10 Å². The van der Waals surface area contributed by atoms with Crippen LogP contribution in [0.5, 0.6) is 0 Å². The van der Waals surface area contributed by atoms with Crippen LogP contribution in [-0.4, -0.2) is 86.1 Å². The summed E-state index contributed by atoms with van der Waals surface area (Å²) in [6.07, 6.45) is 0.657. The van der Waals surface area contributed by atoms with Gasteiger partial charge in [-0.3, -0.25) is 24.0 Å². The van der Waals surface area contributed by atoms with Crippen molar-refractivity contribution in [3.05, 3.63) is 53.2 Å². The Labute approximate surface area is 279 Å². The standard InChI is InChI=1S/C33H45N9O6/c1-19(2)15-26-33(47)36-21(4)31-38-30(24-11-8-7-9-12-24)39-42(31)18-27(43)34-13-10-14-41(17-28(44)35-22(5)32(46)37-26)29(45)16-25-20(3)40-48-23(25)6/h7-9,11-12,19,21-22,26H,10,13-18H2,1-6H3,(H,34,43)(H,35,44)(H,36,47)(H,37,46)/t21-,22+,26+/m0/s1. The lowest BCUT2D eigenvalue weighted by atomic mass is 10.0. The number of carbonyl (C=O) groups excluding carboxylic acids is 5. The van der Waals surface area contributed by atoms with Crippen LogP contribution in [0, 0.1) is 19.8 Å². The number of hydrogen-bond donors (Lipinski definition) is 4. The molecule has 5 amide bonds. The quantitative estimate of drug-likeness (QED) is 0.312.